The minimum absolute atomic E-state index is 0. The fourth-order valence-electron chi connectivity index (χ4n) is 2.24. The number of hydrogen-bond donors (Lipinski definition) is 2. The molecule has 3 nitrogen and oxygen atoms in total. The molecule has 0 spiro atoms. The molecule has 0 atom stereocenters. The van der Waals surface area contributed by atoms with Gasteiger partial charge in [-0.15, -0.1) is 12.4 Å². The standard InChI is InChI=1S/C13H17FN2O.ClH/c14-11-5-3-4-10(8-11)9-16-12(17)13(15)6-1-2-7-13;/h3-5,8H,1-2,6-7,9,15H2,(H,16,17);1H. The lowest BCUT2D eigenvalue weighted by atomic mass is 9.98. The third-order valence-electron chi connectivity index (χ3n) is 3.29. The van der Waals surface area contributed by atoms with Crippen molar-refractivity contribution in [1.29, 1.82) is 0 Å². The van der Waals surface area contributed by atoms with Gasteiger partial charge in [0.15, 0.2) is 0 Å². The minimum Gasteiger partial charge on any atom is -0.350 e. The fourth-order valence-corrected chi connectivity index (χ4v) is 2.24. The molecular formula is C13H18ClFN2O. The van der Waals surface area contributed by atoms with E-state index in [4.69, 9.17) is 5.73 Å². The SMILES string of the molecule is Cl.NC1(C(=O)NCc2cccc(F)c2)CCCC1. The quantitative estimate of drug-likeness (QED) is 0.886. The van der Waals surface area contributed by atoms with Crippen molar-refractivity contribution in [3.8, 4) is 0 Å². The normalized spacial score (nSPS) is 17.0. The summed E-state index contributed by atoms with van der Waals surface area (Å²) in [5, 5.41) is 2.78. The van der Waals surface area contributed by atoms with E-state index < -0.39 is 5.54 Å². The van der Waals surface area contributed by atoms with E-state index in [2.05, 4.69) is 5.32 Å². The van der Waals surface area contributed by atoms with Crippen LogP contribution in [0.1, 0.15) is 31.2 Å². The summed E-state index contributed by atoms with van der Waals surface area (Å²) in [5.41, 5.74) is 6.05. The van der Waals surface area contributed by atoms with E-state index in [1.165, 1.54) is 12.1 Å². The van der Waals surface area contributed by atoms with Gasteiger partial charge in [-0.25, -0.2) is 4.39 Å². The lowest BCUT2D eigenvalue weighted by molar-refractivity contribution is -0.126. The number of nitrogens with one attached hydrogen (secondary N) is 1. The summed E-state index contributed by atoms with van der Waals surface area (Å²) < 4.78 is 12.9. The van der Waals surface area contributed by atoms with Crippen LogP contribution in [0.25, 0.3) is 0 Å². The molecule has 1 saturated carbocycles. The third-order valence-corrected chi connectivity index (χ3v) is 3.29. The second-order valence-electron chi connectivity index (χ2n) is 4.68. The van der Waals surface area contributed by atoms with Crippen molar-refractivity contribution >= 4 is 18.3 Å². The zero-order chi connectivity index (χ0) is 12.3. The number of carbonyl (C=O) groups excluding carboxylic acids is 1. The number of benzene rings is 1. The van der Waals surface area contributed by atoms with Crippen molar-refractivity contribution in [2.45, 2.75) is 37.8 Å². The van der Waals surface area contributed by atoms with Gasteiger partial charge in [0.2, 0.25) is 5.91 Å². The highest BCUT2D eigenvalue weighted by atomic mass is 35.5. The lowest BCUT2D eigenvalue weighted by Gasteiger charge is -2.22. The van der Waals surface area contributed by atoms with Crippen LogP contribution in [0.4, 0.5) is 4.39 Å². The molecule has 0 aliphatic heterocycles. The van der Waals surface area contributed by atoms with Crippen LogP contribution in [0.3, 0.4) is 0 Å². The summed E-state index contributed by atoms with van der Waals surface area (Å²) in [6, 6.07) is 6.20. The number of carbonyl (C=O) groups is 1. The van der Waals surface area contributed by atoms with Crippen molar-refractivity contribution in [3.05, 3.63) is 35.6 Å². The van der Waals surface area contributed by atoms with Gasteiger partial charge in [-0.3, -0.25) is 4.79 Å². The van der Waals surface area contributed by atoms with Crippen molar-refractivity contribution in [3.63, 3.8) is 0 Å². The summed E-state index contributed by atoms with van der Waals surface area (Å²) in [7, 11) is 0. The van der Waals surface area contributed by atoms with Gasteiger partial charge < -0.3 is 11.1 Å². The van der Waals surface area contributed by atoms with Crippen LogP contribution in [0, 0.1) is 5.82 Å². The van der Waals surface area contributed by atoms with E-state index in [1.54, 1.807) is 12.1 Å². The Morgan fingerprint density at radius 2 is 2.06 bits per heavy atom. The molecule has 0 saturated heterocycles. The van der Waals surface area contributed by atoms with Gasteiger partial charge in [0, 0.05) is 6.54 Å². The summed E-state index contributed by atoms with van der Waals surface area (Å²) in [5.74, 6) is -0.417. The van der Waals surface area contributed by atoms with Crippen LogP contribution in [0.15, 0.2) is 24.3 Å². The number of halogens is 2. The molecular weight excluding hydrogens is 255 g/mol. The first kappa shape index (κ1) is 14.9. The van der Waals surface area contributed by atoms with Crippen molar-refractivity contribution in [1.82, 2.24) is 5.32 Å². The Balaban J connectivity index is 0.00000162. The van der Waals surface area contributed by atoms with Crippen LogP contribution in [-0.4, -0.2) is 11.4 Å². The van der Waals surface area contributed by atoms with Gasteiger partial charge in [-0.1, -0.05) is 25.0 Å². The summed E-state index contributed by atoms with van der Waals surface area (Å²) in [6.07, 6.45) is 3.48. The summed E-state index contributed by atoms with van der Waals surface area (Å²) in [6.45, 7) is 0.329. The Bertz CT molecular complexity index is 419. The van der Waals surface area contributed by atoms with E-state index in [9.17, 15) is 9.18 Å². The maximum Gasteiger partial charge on any atom is 0.240 e. The summed E-state index contributed by atoms with van der Waals surface area (Å²) >= 11 is 0. The second kappa shape index (κ2) is 6.16. The number of rotatable bonds is 3. The maximum atomic E-state index is 12.9. The molecule has 18 heavy (non-hydrogen) atoms. The lowest BCUT2D eigenvalue weighted by Crippen LogP contribution is -2.51. The van der Waals surface area contributed by atoms with Crippen molar-refractivity contribution in [2.24, 2.45) is 5.73 Å². The Morgan fingerprint density at radius 1 is 1.39 bits per heavy atom. The Labute approximate surface area is 112 Å². The Morgan fingerprint density at radius 3 is 2.67 bits per heavy atom. The number of nitrogens with two attached hydrogens (primary N) is 1. The van der Waals surface area contributed by atoms with E-state index in [1.807, 2.05) is 0 Å². The molecule has 1 fully saturated rings. The van der Waals surface area contributed by atoms with Crippen LogP contribution in [0.2, 0.25) is 0 Å². The first-order valence-corrected chi connectivity index (χ1v) is 5.92. The number of amides is 1. The predicted molar refractivity (Wildman–Crippen MR) is 70.9 cm³/mol. The fraction of sp³-hybridized carbons (Fsp3) is 0.462. The average molecular weight is 273 g/mol. The highest BCUT2D eigenvalue weighted by molar-refractivity contribution is 5.86. The molecule has 1 aromatic rings. The molecule has 0 heterocycles. The molecule has 1 amide bonds. The van der Waals surface area contributed by atoms with Crippen molar-refractivity contribution < 1.29 is 9.18 Å². The molecule has 1 aliphatic rings. The second-order valence-corrected chi connectivity index (χ2v) is 4.68. The molecule has 5 heteroatoms. The van der Waals surface area contributed by atoms with Crippen LogP contribution in [0.5, 0.6) is 0 Å². The van der Waals surface area contributed by atoms with E-state index in [0.717, 1.165) is 31.2 Å². The zero-order valence-electron chi connectivity index (χ0n) is 10.1. The Hall–Kier alpha value is -1.13. The summed E-state index contributed by atoms with van der Waals surface area (Å²) in [4.78, 5) is 11.9. The van der Waals surface area contributed by atoms with Gasteiger partial charge in [0.1, 0.15) is 5.82 Å². The molecule has 0 radical (unpaired) electrons. The molecule has 2 rings (SSSR count). The van der Waals surface area contributed by atoms with Gasteiger partial charge in [-0.2, -0.15) is 0 Å². The maximum absolute atomic E-state index is 12.9. The predicted octanol–water partition coefficient (Wildman–Crippen LogP) is 2.14. The molecule has 100 valence electrons. The van der Waals surface area contributed by atoms with Crippen LogP contribution >= 0.6 is 12.4 Å². The first-order chi connectivity index (χ1) is 8.10. The van der Waals surface area contributed by atoms with Crippen LogP contribution < -0.4 is 11.1 Å². The van der Waals surface area contributed by atoms with Crippen LogP contribution in [-0.2, 0) is 11.3 Å². The average Bonchev–Trinajstić information content (AvgIpc) is 2.74. The van der Waals surface area contributed by atoms with E-state index in [0.29, 0.717) is 6.54 Å². The Kier molecular flexibility index (Phi) is 5.11. The molecule has 1 aliphatic carbocycles. The van der Waals surface area contributed by atoms with Crippen molar-refractivity contribution in [2.75, 3.05) is 0 Å². The highest BCUT2D eigenvalue weighted by Crippen LogP contribution is 2.27. The monoisotopic (exact) mass is 272 g/mol. The van der Waals surface area contributed by atoms with Gasteiger partial charge in [0.25, 0.3) is 0 Å². The smallest absolute Gasteiger partial charge is 0.240 e. The van der Waals surface area contributed by atoms with E-state index in [-0.39, 0.29) is 24.1 Å². The molecule has 1 aromatic carbocycles. The van der Waals surface area contributed by atoms with Gasteiger partial charge in [0.05, 0.1) is 5.54 Å². The first-order valence-electron chi connectivity index (χ1n) is 5.92. The molecule has 0 unspecified atom stereocenters. The van der Waals surface area contributed by atoms with Gasteiger partial charge >= 0.3 is 0 Å². The highest BCUT2D eigenvalue weighted by Gasteiger charge is 2.36. The van der Waals surface area contributed by atoms with Gasteiger partial charge in [-0.05, 0) is 30.5 Å². The molecule has 0 bridgehead atoms. The minimum atomic E-state index is -0.715. The zero-order valence-corrected chi connectivity index (χ0v) is 10.9. The third kappa shape index (κ3) is 3.43. The topological polar surface area (TPSA) is 55.1 Å². The van der Waals surface area contributed by atoms with E-state index >= 15 is 0 Å². The number of hydrogen-bond acceptors (Lipinski definition) is 2. The largest absolute Gasteiger partial charge is 0.350 e. The molecule has 0 aromatic heterocycles. The molecule has 3 N–H and O–H groups in total.